The van der Waals surface area contributed by atoms with Crippen LogP contribution in [0.25, 0.3) is 21.8 Å². The number of benzene rings is 1. The van der Waals surface area contributed by atoms with Crippen molar-refractivity contribution in [3.8, 4) is 0 Å². The molecule has 0 saturated carbocycles. The van der Waals surface area contributed by atoms with Gasteiger partial charge in [0, 0.05) is 31.2 Å². The molecule has 1 saturated heterocycles. The lowest BCUT2D eigenvalue weighted by atomic mass is 9.92. The average Bonchev–Trinajstić information content (AvgIpc) is 2.84. The minimum absolute atomic E-state index is 0.0169. The van der Waals surface area contributed by atoms with Gasteiger partial charge in [-0.1, -0.05) is 23.7 Å². The maximum atomic E-state index is 13.4. The molecule has 8 heteroatoms. The molecular formula is C25H24ClN5O2. The summed E-state index contributed by atoms with van der Waals surface area (Å²) in [4.78, 5) is 31.2. The Morgan fingerprint density at radius 3 is 2.88 bits per heavy atom. The van der Waals surface area contributed by atoms with Gasteiger partial charge in [0.25, 0.3) is 0 Å². The fourth-order valence-electron chi connectivity index (χ4n) is 4.30. The lowest BCUT2D eigenvalue weighted by Crippen LogP contribution is -2.20. The van der Waals surface area contributed by atoms with E-state index in [0.29, 0.717) is 53.0 Å². The van der Waals surface area contributed by atoms with Crippen molar-refractivity contribution in [2.45, 2.75) is 32.2 Å². The zero-order valence-electron chi connectivity index (χ0n) is 18.3. The van der Waals surface area contributed by atoms with Crippen LogP contribution in [0, 0.1) is 5.92 Å². The molecule has 168 valence electrons. The zero-order chi connectivity index (χ0) is 22.8. The third kappa shape index (κ3) is 4.51. The summed E-state index contributed by atoms with van der Waals surface area (Å²) in [5, 5.41) is 5.53. The molecule has 0 bridgehead atoms. The molecule has 0 amide bonds. The number of halogens is 1. The van der Waals surface area contributed by atoms with Gasteiger partial charge in [-0.25, -0.2) is 15.0 Å². The molecule has 1 aliphatic rings. The molecule has 1 atom stereocenters. The number of aromatic nitrogens is 4. The van der Waals surface area contributed by atoms with Crippen LogP contribution in [0.4, 0.5) is 5.82 Å². The molecule has 0 spiro atoms. The predicted octanol–water partition coefficient (Wildman–Crippen LogP) is 5.40. The number of nitrogens with zero attached hydrogens (tertiary/aromatic N) is 4. The lowest BCUT2D eigenvalue weighted by molar-refractivity contribution is 0.0600. The van der Waals surface area contributed by atoms with Crippen LogP contribution >= 0.6 is 11.6 Å². The summed E-state index contributed by atoms with van der Waals surface area (Å²) in [6, 6.07) is 11.1. The number of hydrogen-bond acceptors (Lipinski definition) is 7. The molecule has 1 aliphatic heterocycles. The summed E-state index contributed by atoms with van der Waals surface area (Å²) < 4.78 is 5.44. The van der Waals surface area contributed by atoms with Crippen molar-refractivity contribution >= 4 is 45.0 Å². The standard InChI is InChI=1S/C25H24ClN5O2/c1-15(30-25-23-19(28-14-29-25)6-3-9-27-23)20-13-17-4-2-5-18(26)22(17)24(31-20)21(32)12-16-7-10-33-11-8-16/h2-6,9,13-16H,7-8,10-12H2,1H3,(H,28,29,30)/t15-/m0/s1. The van der Waals surface area contributed by atoms with Crippen LogP contribution in [0.15, 0.2) is 48.9 Å². The van der Waals surface area contributed by atoms with Crippen molar-refractivity contribution in [3.05, 3.63) is 65.3 Å². The third-order valence-electron chi connectivity index (χ3n) is 6.10. The first-order valence-electron chi connectivity index (χ1n) is 11.1. The Hall–Kier alpha value is -3.16. The summed E-state index contributed by atoms with van der Waals surface area (Å²) in [5.41, 5.74) is 2.61. The van der Waals surface area contributed by atoms with Crippen LogP contribution in [-0.4, -0.2) is 38.9 Å². The summed E-state index contributed by atoms with van der Waals surface area (Å²) in [6.45, 7) is 3.39. The minimum Gasteiger partial charge on any atom is -0.381 e. The highest BCUT2D eigenvalue weighted by molar-refractivity contribution is 6.36. The van der Waals surface area contributed by atoms with Gasteiger partial charge < -0.3 is 10.1 Å². The first kappa shape index (κ1) is 21.7. The fraction of sp³-hybridized carbons (Fsp3) is 0.320. The highest BCUT2D eigenvalue weighted by atomic mass is 35.5. The number of pyridine rings is 2. The summed E-state index contributed by atoms with van der Waals surface area (Å²) in [6.07, 6.45) is 5.45. The van der Waals surface area contributed by atoms with Crippen LogP contribution in [0.2, 0.25) is 5.02 Å². The molecule has 0 unspecified atom stereocenters. The number of carbonyl (C=O) groups excluding carboxylic acids is 1. The van der Waals surface area contributed by atoms with Crippen LogP contribution in [0.5, 0.6) is 0 Å². The van der Waals surface area contributed by atoms with E-state index in [0.717, 1.165) is 29.4 Å². The Bertz CT molecular complexity index is 1320. The van der Waals surface area contributed by atoms with E-state index in [4.69, 9.17) is 21.3 Å². The topological polar surface area (TPSA) is 89.9 Å². The molecule has 3 aromatic heterocycles. The first-order chi connectivity index (χ1) is 16.1. The molecule has 33 heavy (non-hydrogen) atoms. The van der Waals surface area contributed by atoms with Gasteiger partial charge in [-0.05, 0) is 55.3 Å². The van der Waals surface area contributed by atoms with E-state index in [-0.39, 0.29) is 11.8 Å². The largest absolute Gasteiger partial charge is 0.381 e. The van der Waals surface area contributed by atoms with E-state index in [1.165, 1.54) is 6.33 Å². The van der Waals surface area contributed by atoms with Gasteiger partial charge in [0.05, 0.1) is 22.3 Å². The maximum absolute atomic E-state index is 13.4. The smallest absolute Gasteiger partial charge is 0.182 e. The third-order valence-corrected chi connectivity index (χ3v) is 6.41. The molecule has 4 aromatic rings. The minimum atomic E-state index is -0.219. The molecule has 0 aliphatic carbocycles. The van der Waals surface area contributed by atoms with Crippen molar-refractivity contribution in [1.82, 2.24) is 19.9 Å². The molecule has 4 heterocycles. The van der Waals surface area contributed by atoms with Gasteiger partial charge >= 0.3 is 0 Å². The van der Waals surface area contributed by atoms with Crippen LogP contribution < -0.4 is 5.32 Å². The van der Waals surface area contributed by atoms with Crippen molar-refractivity contribution < 1.29 is 9.53 Å². The Morgan fingerprint density at radius 1 is 1.18 bits per heavy atom. The number of carbonyl (C=O) groups is 1. The highest BCUT2D eigenvalue weighted by Gasteiger charge is 2.23. The predicted molar refractivity (Wildman–Crippen MR) is 129 cm³/mol. The number of hydrogen-bond donors (Lipinski definition) is 1. The van der Waals surface area contributed by atoms with E-state index in [1.807, 2.05) is 37.3 Å². The summed E-state index contributed by atoms with van der Waals surface area (Å²) in [5.74, 6) is 0.947. The van der Waals surface area contributed by atoms with Crippen molar-refractivity contribution in [2.75, 3.05) is 18.5 Å². The van der Waals surface area contributed by atoms with Crippen molar-refractivity contribution in [1.29, 1.82) is 0 Å². The molecule has 1 fully saturated rings. The number of ketones is 1. The van der Waals surface area contributed by atoms with Gasteiger partial charge in [-0.15, -0.1) is 0 Å². The average molecular weight is 462 g/mol. The van der Waals surface area contributed by atoms with E-state index in [1.54, 1.807) is 12.3 Å². The zero-order valence-corrected chi connectivity index (χ0v) is 19.0. The Balaban J connectivity index is 1.51. The van der Waals surface area contributed by atoms with Crippen LogP contribution in [0.3, 0.4) is 0 Å². The monoisotopic (exact) mass is 461 g/mol. The van der Waals surface area contributed by atoms with Gasteiger partial charge in [0.1, 0.15) is 17.5 Å². The molecule has 7 nitrogen and oxygen atoms in total. The molecule has 1 N–H and O–H groups in total. The highest BCUT2D eigenvalue weighted by Crippen LogP contribution is 2.31. The van der Waals surface area contributed by atoms with Gasteiger partial charge in [-0.2, -0.15) is 0 Å². The number of fused-ring (bicyclic) bond motifs is 2. The maximum Gasteiger partial charge on any atom is 0.182 e. The summed E-state index contributed by atoms with van der Waals surface area (Å²) >= 11 is 6.52. The second kappa shape index (κ2) is 9.37. The summed E-state index contributed by atoms with van der Waals surface area (Å²) in [7, 11) is 0. The number of anilines is 1. The fourth-order valence-corrected chi connectivity index (χ4v) is 4.57. The second-order valence-corrected chi connectivity index (χ2v) is 8.78. The first-order valence-corrected chi connectivity index (χ1v) is 11.5. The van der Waals surface area contributed by atoms with Gasteiger partial charge in [0.15, 0.2) is 11.6 Å². The molecule has 5 rings (SSSR count). The van der Waals surface area contributed by atoms with E-state index < -0.39 is 0 Å². The number of Topliss-reactive ketones (excluding diaryl/α,β-unsaturated/α-hetero) is 1. The van der Waals surface area contributed by atoms with E-state index in [2.05, 4.69) is 20.3 Å². The quantitative estimate of drug-likeness (QED) is 0.384. The van der Waals surface area contributed by atoms with E-state index in [9.17, 15) is 4.79 Å². The van der Waals surface area contributed by atoms with Gasteiger partial charge in [0.2, 0.25) is 0 Å². The number of rotatable bonds is 6. The SMILES string of the molecule is C[C@H](Nc1ncnc2cccnc12)c1cc2cccc(Cl)c2c(C(=O)CC2CCOCC2)n1. The van der Waals surface area contributed by atoms with E-state index >= 15 is 0 Å². The van der Waals surface area contributed by atoms with Crippen LogP contribution in [0.1, 0.15) is 48.4 Å². The van der Waals surface area contributed by atoms with Crippen molar-refractivity contribution in [2.24, 2.45) is 5.92 Å². The normalized spacial score (nSPS) is 15.6. The number of nitrogens with one attached hydrogen (secondary N) is 1. The van der Waals surface area contributed by atoms with Gasteiger partial charge in [-0.3, -0.25) is 9.78 Å². The number of ether oxygens (including phenoxy) is 1. The lowest BCUT2D eigenvalue weighted by Gasteiger charge is -2.22. The molecular weight excluding hydrogens is 438 g/mol. The Morgan fingerprint density at radius 2 is 2.03 bits per heavy atom. The Labute approximate surface area is 196 Å². The van der Waals surface area contributed by atoms with Crippen molar-refractivity contribution in [3.63, 3.8) is 0 Å². The molecule has 1 aromatic carbocycles. The second-order valence-electron chi connectivity index (χ2n) is 8.38. The Kier molecular flexibility index (Phi) is 6.15. The van der Waals surface area contributed by atoms with Crippen LogP contribution in [-0.2, 0) is 4.74 Å². The molecule has 0 radical (unpaired) electrons.